The lowest BCUT2D eigenvalue weighted by molar-refractivity contribution is -0.160. The van der Waals surface area contributed by atoms with E-state index >= 15 is 0 Å². The average molecular weight is 271 g/mol. The normalized spacial score (nSPS) is 13.5. The monoisotopic (exact) mass is 271 g/mol. The lowest BCUT2D eigenvalue weighted by Gasteiger charge is -2.27. The highest BCUT2D eigenvalue weighted by molar-refractivity contribution is 5.86. The smallest absolute Gasteiger partial charge is 0.329 e. The van der Waals surface area contributed by atoms with Crippen molar-refractivity contribution in [1.29, 1.82) is 0 Å². The van der Waals surface area contributed by atoms with Gasteiger partial charge >= 0.3 is 5.97 Å². The number of hydrogen-bond donors (Lipinski definition) is 1. The second-order valence-corrected chi connectivity index (χ2v) is 6.28. The van der Waals surface area contributed by atoms with Crippen molar-refractivity contribution in [3.63, 3.8) is 0 Å². The second-order valence-electron chi connectivity index (χ2n) is 6.28. The molecule has 0 aromatic heterocycles. The zero-order valence-corrected chi connectivity index (χ0v) is 13.4. The molecule has 0 aliphatic heterocycles. The Morgan fingerprint density at radius 2 is 1.58 bits per heavy atom. The summed E-state index contributed by atoms with van der Waals surface area (Å²) in [5.74, 6) is -0.451. The summed E-state index contributed by atoms with van der Waals surface area (Å²) in [5.41, 5.74) is -0.538. The fraction of sp³-hybridized carbons (Fsp3) is 0.867. The molecule has 0 radical (unpaired) electrons. The lowest BCUT2D eigenvalue weighted by Crippen LogP contribution is -2.48. The standard InChI is InChI=1S/C15H29NO3/c1-8-11(9-2)13(17)16-12(10(3)4)14(18)19-15(5,6)7/h10-12H,8-9H2,1-7H3,(H,16,17)/t12-/m1/s1. The van der Waals surface area contributed by atoms with Gasteiger partial charge in [-0.2, -0.15) is 0 Å². The van der Waals surface area contributed by atoms with E-state index in [9.17, 15) is 9.59 Å². The zero-order valence-electron chi connectivity index (χ0n) is 13.4. The fourth-order valence-electron chi connectivity index (χ4n) is 1.79. The molecule has 0 heterocycles. The van der Waals surface area contributed by atoms with Gasteiger partial charge in [-0.05, 0) is 39.5 Å². The molecule has 4 heteroatoms. The number of rotatable bonds is 6. The van der Waals surface area contributed by atoms with E-state index in [1.807, 2.05) is 48.5 Å². The minimum Gasteiger partial charge on any atom is -0.458 e. The van der Waals surface area contributed by atoms with Crippen molar-refractivity contribution < 1.29 is 14.3 Å². The molecule has 0 aromatic carbocycles. The van der Waals surface area contributed by atoms with Crippen LogP contribution in [0.5, 0.6) is 0 Å². The highest BCUT2D eigenvalue weighted by Crippen LogP contribution is 2.14. The SMILES string of the molecule is CCC(CC)C(=O)N[C@@H](C(=O)OC(C)(C)C)C(C)C. The number of carbonyl (C=O) groups excluding carboxylic acids is 2. The summed E-state index contributed by atoms with van der Waals surface area (Å²) in [6, 6.07) is -0.577. The highest BCUT2D eigenvalue weighted by atomic mass is 16.6. The van der Waals surface area contributed by atoms with E-state index in [0.717, 1.165) is 12.8 Å². The van der Waals surface area contributed by atoms with Gasteiger partial charge in [-0.25, -0.2) is 4.79 Å². The number of ether oxygens (including phenoxy) is 1. The molecule has 0 fully saturated rings. The summed E-state index contributed by atoms with van der Waals surface area (Å²) in [4.78, 5) is 24.2. The first-order valence-electron chi connectivity index (χ1n) is 7.15. The van der Waals surface area contributed by atoms with Gasteiger partial charge in [0.1, 0.15) is 11.6 Å². The highest BCUT2D eigenvalue weighted by Gasteiger charge is 2.30. The summed E-state index contributed by atoms with van der Waals surface area (Å²) in [5, 5.41) is 2.83. The molecule has 0 aliphatic rings. The maximum atomic E-state index is 12.1. The van der Waals surface area contributed by atoms with Gasteiger partial charge in [-0.3, -0.25) is 4.79 Å². The molecule has 0 saturated heterocycles. The number of hydrogen-bond acceptors (Lipinski definition) is 3. The van der Waals surface area contributed by atoms with Crippen LogP contribution < -0.4 is 5.32 Å². The Kier molecular flexibility index (Phi) is 7.09. The Balaban J connectivity index is 4.75. The molecule has 0 aromatic rings. The van der Waals surface area contributed by atoms with Gasteiger partial charge < -0.3 is 10.1 Å². The van der Waals surface area contributed by atoms with E-state index in [2.05, 4.69) is 5.32 Å². The first-order chi connectivity index (χ1) is 8.62. The van der Waals surface area contributed by atoms with Crippen LogP contribution in [0.3, 0.4) is 0 Å². The molecule has 0 spiro atoms. The van der Waals surface area contributed by atoms with Gasteiger partial charge in [0.15, 0.2) is 0 Å². The van der Waals surface area contributed by atoms with Crippen LogP contribution in [-0.4, -0.2) is 23.5 Å². The van der Waals surface area contributed by atoms with Gasteiger partial charge in [-0.15, -0.1) is 0 Å². The third-order valence-corrected chi connectivity index (χ3v) is 2.98. The van der Waals surface area contributed by atoms with Crippen molar-refractivity contribution in [2.45, 2.75) is 73.0 Å². The van der Waals surface area contributed by atoms with Gasteiger partial charge in [0, 0.05) is 5.92 Å². The Labute approximate surface area is 117 Å². The van der Waals surface area contributed by atoms with Crippen LogP contribution in [0.1, 0.15) is 61.3 Å². The van der Waals surface area contributed by atoms with Crippen LogP contribution in [-0.2, 0) is 14.3 Å². The number of carbonyl (C=O) groups is 2. The van der Waals surface area contributed by atoms with Crippen molar-refractivity contribution in [3.8, 4) is 0 Å². The van der Waals surface area contributed by atoms with Crippen molar-refractivity contribution in [2.24, 2.45) is 11.8 Å². The molecular weight excluding hydrogens is 242 g/mol. The molecule has 4 nitrogen and oxygen atoms in total. The summed E-state index contributed by atoms with van der Waals surface area (Å²) >= 11 is 0. The predicted octanol–water partition coefficient (Wildman–Crippen LogP) is 2.91. The molecule has 0 rings (SSSR count). The van der Waals surface area contributed by atoms with Gasteiger partial charge in [-0.1, -0.05) is 27.7 Å². The van der Waals surface area contributed by atoms with Gasteiger partial charge in [0.05, 0.1) is 0 Å². The second kappa shape index (κ2) is 7.51. The third kappa shape index (κ3) is 6.60. The van der Waals surface area contributed by atoms with E-state index in [1.54, 1.807) is 0 Å². The third-order valence-electron chi connectivity index (χ3n) is 2.98. The van der Waals surface area contributed by atoms with Crippen molar-refractivity contribution in [2.75, 3.05) is 0 Å². The summed E-state index contributed by atoms with van der Waals surface area (Å²) in [6.45, 7) is 13.2. The lowest BCUT2D eigenvalue weighted by atomic mass is 9.99. The summed E-state index contributed by atoms with van der Waals surface area (Å²) in [6.07, 6.45) is 1.56. The van der Waals surface area contributed by atoms with Crippen LogP contribution in [0.4, 0.5) is 0 Å². The van der Waals surface area contributed by atoms with E-state index in [0.29, 0.717) is 0 Å². The first kappa shape index (κ1) is 17.9. The van der Waals surface area contributed by atoms with Crippen molar-refractivity contribution in [1.82, 2.24) is 5.32 Å². The number of esters is 1. The molecule has 1 amide bonds. The molecule has 0 unspecified atom stereocenters. The van der Waals surface area contributed by atoms with Gasteiger partial charge in [0.2, 0.25) is 5.91 Å². The van der Waals surface area contributed by atoms with Crippen LogP contribution >= 0.6 is 0 Å². The molecule has 0 aliphatic carbocycles. The zero-order chi connectivity index (χ0) is 15.2. The predicted molar refractivity (Wildman–Crippen MR) is 76.7 cm³/mol. The van der Waals surface area contributed by atoms with E-state index in [4.69, 9.17) is 4.74 Å². The quantitative estimate of drug-likeness (QED) is 0.756. The average Bonchev–Trinajstić information content (AvgIpc) is 2.24. The first-order valence-corrected chi connectivity index (χ1v) is 7.15. The summed E-state index contributed by atoms with van der Waals surface area (Å²) < 4.78 is 5.36. The largest absolute Gasteiger partial charge is 0.458 e. The molecule has 0 bridgehead atoms. The van der Waals surface area contributed by atoms with Gasteiger partial charge in [0.25, 0.3) is 0 Å². The molecule has 112 valence electrons. The van der Waals surface area contributed by atoms with Crippen LogP contribution in [0, 0.1) is 11.8 Å². The Morgan fingerprint density at radius 1 is 1.11 bits per heavy atom. The molecule has 0 saturated carbocycles. The van der Waals surface area contributed by atoms with E-state index < -0.39 is 11.6 Å². The molecular formula is C15H29NO3. The van der Waals surface area contributed by atoms with Crippen LogP contribution in [0.15, 0.2) is 0 Å². The summed E-state index contributed by atoms with van der Waals surface area (Å²) in [7, 11) is 0. The van der Waals surface area contributed by atoms with E-state index in [-0.39, 0.29) is 23.7 Å². The minimum atomic E-state index is -0.577. The molecule has 1 N–H and O–H groups in total. The van der Waals surface area contributed by atoms with E-state index in [1.165, 1.54) is 0 Å². The Bertz CT molecular complexity index is 301. The van der Waals surface area contributed by atoms with Crippen molar-refractivity contribution >= 4 is 11.9 Å². The van der Waals surface area contributed by atoms with Crippen molar-refractivity contribution in [3.05, 3.63) is 0 Å². The minimum absolute atomic E-state index is 0.00756. The number of amides is 1. The number of nitrogens with one attached hydrogen (secondary N) is 1. The van der Waals surface area contributed by atoms with Crippen LogP contribution in [0.25, 0.3) is 0 Å². The topological polar surface area (TPSA) is 55.4 Å². The molecule has 1 atom stereocenters. The Hall–Kier alpha value is -1.06. The maximum absolute atomic E-state index is 12.1. The van der Waals surface area contributed by atoms with Crippen LogP contribution in [0.2, 0.25) is 0 Å². The maximum Gasteiger partial charge on any atom is 0.329 e. The molecule has 19 heavy (non-hydrogen) atoms. The fourth-order valence-corrected chi connectivity index (χ4v) is 1.79. The Morgan fingerprint density at radius 3 is 1.89 bits per heavy atom.